The summed E-state index contributed by atoms with van der Waals surface area (Å²) in [7, 11) is 1.29. The Bertz CT molecular complexity index is 1710. The van der Waals surface area contributed by atoms with Crippen LogP contribution in [0.15, 0.2) is 90.6 Å². The highest BCUT2D eigenvalue weighted by Crippen LogP contribution is 2.51. The van der Waals surface area contributed by atoms with Gasteiger partial charge in [-0.3, -0.25) is 9.59 Å². The standard InChI is InChI=1S/C36H33ClN2O6/c1-3-22-16-36(22,34(42)43-2)38-32(40)28-17-35(19-31(39-45-35)21-9-8-10-23(37)15-21)18-29(28)33(41)44-20-30-26-13-6-4-11-24(26)25-12-5-7-14-27(25)30/h3-15,22,28-30H,1,16-20H2,2H3,(H,38,40)/t22-,28-,29?,35-,36-/m1/s1. The predicted molar refractivity (Wildman–Crippen MR) is 169 cm³/mol. The van der Waals surface area contributed by atoms with E-state index < -0.39 is 40.8 Å². The lowest BCUT2D eigenvalue weighted by Gasteiger charge is -2.23. The number of rotatable bonds is 8. The summed E-state index contributed by atoms with van der Waals surface area (Å²) in [6, 6.07) is 23.6. The molecule has 9 heteroatoms. The molecule has 3 aliphatic carbocycles. The van der Waals surface area contributed by atoms with Gasteiger partial charge in [-0.1, -0.05) is 83.5 Å². The molecule has 1 N–H and O–H groups in total. The summed E-state index contributed by atoms with van der Waals surface area (Å²) in [6.45, 7) is 3.94. The maximum absolute atomic E-state index is 14.0. The molecule has 3 aromatic carbocycles. The third-order valence-corrected chi connectivity index (χ3v) is 10.1. The second kappa shape index (κ2) is 11.2. The minimum Gasteiger partial charge on any atom is -0.467 e. The van der Waals surface area contributed by atoms with E-state index in [-0.39, 0.29) is 31.3 Å². The number of methoxy groups -OCH3 is 1. The van der Waals surface area contributed by atoms with E-state index in [0.717, 1.165) is 27.8 Å². The number of nitrogens with zero attached hydrogens (tertiary/aromatic N) is 1. The number of esters is 2. The van der Waals surface area contributed by atoms with E-state index in [2.05, 4.69) is 41.3 Å². The fraction of sp³-hybridized carbons (Fsp3) is 0.333. The first-order chi connectivity index (χ1) is 21.8. The lowest BCUT2D eigenvalue weighted by molar-refractivity contribution is -0.153. The molecule has 1 heterocycles. The molecule has 2 fully saturated rings. The second-order valence-electron chi connectivity index (χ2n) is 12.5. The van der Waals surface area contributed by atoms with Crippen LogP contribution in [0.4, 0.5) is 0 Å². The van der Waals surface area contributed by atoms with Crippen molar-refractivity contribution >= 4 is 35.2 Å². The number of amides is 1. The number of carbonyl (C=O) groups is 3. The van der Waals surface area contributed by atoms with Gasteiger partial charge in [0.25, 0.3) is 0 Å². The van der Waals surface area contributed by atoms with Crippen molar-refractivity contribution in [3.05, 3.63) is 107 Å². The van der Waals surface area contributed by atoms with Crippen LogP contribution in [-0.2, 0) is 28.7 Å². The lowest BCUT2D eigenvalue weighted by Crippen LogP contribution is -2.49. The molecule has 3 aromatic rings. The SMILES string of the molecule is C=C[C@@H]1C[C@]1(NC(=O)[C@@H]1C[C@]2(CC(c3cccc(Cl)c3)=NO2)CC1C(=O)OCC1c2ccccc2-c2ccccc21)C(=O)OC. The summed E-state index contributed by atoms with van der Waals surface area (Å²) in [5.41, 5.74) is 3.92. The van der Waals surface area contributed by atoms with Gasteiger partial charge in [0.05, 0.1) is 24.7 Å². The Morgan fingerprint density at radius 3 is 2.33 bits per heavy atom. The van der Waals surface area contributed by atoms with Crippen LogP contribution in [0.5, 0.6) is 0 Å². The molecular weight excluding hydrogens is 592 g/mol. The van der Waals surface area contributed by atoms with E-state index in [1.165, 1.54) is 7.11 Å². The Hall–Kier alpha value is -4.43. The number of hydrogen-bond acceptors (Lipinski definition) is 7. The van der Waals surface area contributed by atoms with Crippen LogP contribution in [0, 0.1) is 17.8 Å². The number of nitrogens with one attached hydrogen (secondary N) is 1. The van der Waals surface area contributed by atoms with Crippen LogP contribution in [-0.4, -0.2) is 48.4 Å². The molecule has 5 atom stereocenters. The zero-order chi connectivity index (χ0) is 31.3. The Labute approximate surface area is 266 Å². The number of ether oxygens (including phenoxy) is 2. The van der Waals surface area contributed by atoms with E-state index in [1.54, 1.807) is 12.1 Å². The van der Waals surface area contributed by atoms with Crippen LogP contribution < -0.4 is 5.32 Å². The number of benzene rings is 3. The summed E-state index contributed by atoms with van der Waals surface area (Å²) in [5, 5.41) is 7.87. The van der Waals surface area contributed by atoms with Crippen LogP contribution in [0.1, 0.15) is 48.3 Å². The predicted octanol–water partition coefficient (Wildman–Crippen LogP) is 5.82. The molecule has 0 bridgehead atoms. The molecule has 45 heavy (non-hydrogen) atoms. The minimum atomic E-state index is -1.19. The number of halogens is 1. The highest BCUT2D eigenvalue weighted by Gasteiger charge is 2.63. The molecule has 1 spiro atoms. The first kappa shape index (κ1) is 29.3. The van der Waals surface area contributed by atoms with Gasteiger partial charge in [-0.25, -0.2) is 4.79 Å². The first-order valence-corrected chi connectivity index (χ1v) is 15.5. The molecule has 2 saturated carbocycles. The van der Waals surface area contributed by atoms with E-state index >= 15 is 0 Å². The third kappa shape index (κ3) is 5.01. The first-order valence-electron chi connectivity index (χ1n) is 15.2. The summed E-state index contributed by atoms with van der Waals surface area (Å²) in [4.78, 5) is 46.7. The van der Waals surface area contributed by atoms with Crippen LogP contribution in [0.25, 0.3) is 11.1 Å². The maximum atomic E-state index is 14.0. The molecule has 1 amide bonds. The molecule has 4 aliphatic rings. The fourth-order valence-corrected chi connectivity index (χ4v) is 7.65. The van der Waals surface area contributed by atoms with Gasteiger partial charge in [0.15, 0.2) is 0 Å². The minimum absolute atomic E-state index is 0.119. The molecule has 1 unspecified atom stereocenters. The summed E-state index contributed by atoms with van der Waals surface area (Å²) < 4.78 is 11.1. The molecular formula is C36H33ClN2O6. The molecule has 0 radical (unpaired) electrons. The number of oxime groups is 1. The topological polar surface area (TPSA) is 103 Å². The molecule has 8 nitrogen and oxygen atoms in total. The summed E-state index contributed by atoms with van der Waals surface area (Å²) in [6.07, 6.45) is 2.91. The van der Waals surface area contributed by atoms with E-state index in [9.17, 15) is 14.4 Å². The zero-order valence-corrected chi connectivity index (χ0v) is 25.6. The van der Waals surface area contributed by atoms with Crippen molar-refractivity contribution in [2.24, 2.45) is 22.9 Å². The normalized spacial score (nSPS) is 27.6. The van der Waals surface area contributed by atoms with Crippen molar-refractivity contribution in [1.82, 2.24) is 5.32 Å². The largest absolute Gasteiger partial charge is 0.467 e. The number of fused-ring (bicyclic) bond motifs is 3. The van der Waals surface area contributed by atoms with Crippen LogP contribution in [0.3, 0.4) is 0 Å². The van der Waals surface area contributed by atoms with Gasteiger partial charge in [0.1, 0.15) is 17.7 Å². The van der Waals surface area contributed by atoms with Gasteiger partial charge in [0, 0.05) is 41.7 Å². The summed E-state index contributed by atoms with van der Waals surface area (Å²) in [5.74, 6) is -3.40. The van der Waals surface area contributed by atoms with Gasteiger partial charge in [-0.05, 0) is 40.8 Å². The lowest BCUT2D eigenvalue weighted by atomic mass is 9.91. The number of carbonyl (C=O) groups excluding carboxylic acids is 3. The third-order valence-electron chi connectivity index (χ3n) is 9.86. The van der Waals surface area contributed by atoms with E-state index in [4.69, 9.17) is 25.9 Å². The molecule has 0 saturated heterocycles. The summed E-state index contributed by atoms with van der Waals surface area (Å²) >= 11 is 6.23. The molecule has 0 aromatic heterocycles. The Morgan fingerprint density at radius 1 is 1.00 bits per heavy atom. The number of hydrogen-bond donors (Lipinski definition) is 1. The smallest absolute Gasteiger partial charge is 0.332 e. The van der Waals surface area contributed by atoms with Crippen molar-refractivity contribution in [2.75, 3.05) is 13.7 Å². The fourth-order valence-electron chi connectivity index (χ4n) is 7.46. The van der Waals surface area contributed by atoms with Gasteiger partial charge in [-0.15, -0.1) is 6.58 Å². The van der Waals surface area contributed by atoms with Gasteiger partial charge >= 0.3 is 11.9 Å². The van der Waals surface area contributed by atoms with Gasteiger partial charge < -0.3 is 19.6 Å². The van der Waals surface area contributed by atoms with E-state index in [0.29, 0.717) is 23.6 Å². The quantitative estimate of drug-likeness (QED) is 0.250. The molecule has 7 rings (SSSR count). The van der Waals surface area contributed by atoms with Gasteiger partial charge in [-0.2, -0.15) is 0 Å². The monoisotopic (exact) mass is 624 g/mol. The highest BCUT2D eigenvalue weighted by atomic mass is 35.5. The van der Waals surface area contributed by atoms with Crippen molar-refractivity contribution < 1.29 is 28.7 Å². The van der Waals surface area contributed by atoms with E-state index in [1.807, 2.05) is 42.5 Å². The highest BCUT2D eigenvalue weighted by molar-refractivity contribution is 6.31. The average Bonchev–Trinajstić information content (AvgIpc) is 3.32. The second-order valence-corrected chi connectivity index (χ2v) is 12.9. The zero-order valence-electron chi connectivity index (χ0n) is 24.8. The van der Waals surface area contributed by atoms with Crippen molar-refractivity contribution in [3.63, 3.8) is 0 Å². The maximum Gasteiger partial charge on any atom is 0.332 e. The Kier molecular flexibility index (Phi) is 7.28. The molecule has 230 valence electrons. The molecule has 1 aliphatic heterocycles. The van der Waals surface area contributed by atoms with Crippen molar-refractivity contribution in [1.29, 1.82) is 0 Å². The average molecular weight is 625 g/mol. The Morgan fingerprint density at radius 2 is 1.69 bits per heavy atom. The van der Waals surface area contributed by atoms with Crippen LogP contribution in [0.2, 0.25) is 5.02 Å². The van der Waals surface area contributed by atoms with Gasteiger partial charge in [0.2, 0.25) is 5.91 Å². The van der Waals surface area contributed by atoms with Crippen molar-refractivity contribution in [2.45, 2.75) is 42.7 Å². The van der Waals surface area contributed by atoms with Crippen LogP contribution >= 0.6 is 11.6 Å². The Balaban J connectivity index is 1.13. The van der Waals surface area contributed by atoms with Crippen molar-refractivity contribution in [3.8, 4) is 11.1 Å².